The quantitative estimate of drug-likeness (QED) is 0.705. The lowest BCUT2D eigenvalue weighted by atomic mass is 10.2. The Morgan fingerprint density at radius 1 is 1.43 bits per heavy atom. The summed E-state index contributed by atoms with van der Waals surface area (Å²) in [6.07, 6.45) is 0. The average molecular weight is 232 g/mol. The van der Waals surface area contributed by atoms with Crippen LogP contribution in [0.1, 0.15) is 5.56 Å². The van der Waals surface area contributed by atoms with Gasteiger partial charge < -0.3 is 4.42 Å². The molecule has 1 heterocycles. The van der Waals surface area contributed by atoms with E-state index >= 15 is 0 Å². The summed E-state index contributed by atoms with van der Waals surface area (Å²) in [6.45, 7) is 1.87. The molecule has 2 rings (SSSR count). The first kappa shape index (κ1) is 9.48. The molecule has 74 valence electrons. The maximum absolute atomic E-state index is 10.9. The van der Waals surface area contributed by atoms with E-state index in [0.717, 1.165) is 5.56 Å². The zero-order valence-electron chi connectivity index (χ0n) is 7.19. The molecule has 0 aliphatic carbocycles. The maximum Gasteiger partial charge on any atom is 0.332 e. The molecule has 0 saturated carbocycles. The molecule has 0 radical (unpaired) electrons. The minimum atomic E-state index is -3.88. The second kappa shape index (κ2) is 2.96. The highest BCUT2D eigenvalue weighted by Crippen LogP contribution is 2.21. The molecule has 0 N–H and O–H groups in total. The van der Waals surface area contributed by atoms with Gasteiger partial charge in [-0.3, -0.25) is 0 Å². The summed E-state index contributed by atoms with van der Waals surface area (Å²) < 4.78 is 26.8. The summed E-state index contributed by atoms with van der Waals surface area (Å²) in [5.41, 5.74) is 1.87. The van der Waals surface area contributed by atoms with Gasteiger partial charge in [-0.1, -0.05) is 6.07 Å². The van der Waals surface area contributed by atoms with E-state index < -0.39 is 14.3 Å². The number of aromatic nitrogens is 1. The first-order chi connectivity index (χ1) is 6.47. The lowest BCUT2D eigenvalue weighted by molar-refractivity contribution is 0.464. The van der Waals surface area contributed by atoms with Gasteiger partial charge in [0.05, 0.1) is 0 Å². The molecule has 0 unspecified atom stereocenters. The third-order valence-corrected chi connectivity index (χ3v) is 2.72. The van der Waals surface area contributed by atoms with Crippen LogP contribution in [0.4, 0.5) is 0 Å². The molecule has 0 aliphatic rings. The van der Waals surface area contributed by atoms with Crippen molar-refractivity contribution in [3.05, 3.63) is 23.8 Å². The number of benzene rings is 1. The third-order valence-electron chi connectivity index (χ3n) is 1.73. The van der Waals surface area contributed by atoms with Crippen molar-refractivity contribution >= 4 is 30.8 Å². The van der Waals surface area contributed by atoms with E-state index in [1.54, 1.807) is 12.1 Å². The van der Waals surface area contributed by atoms with Crippen LogP contribution in [0.15, 0.2) is 27.8 Å². The summed E-state index contributed by atoms with van der Waals surface area (Å²) >= 11 is 0. The Kier molecular flexibility index (Phi) is 2.01. The predicted octanol–water partition coefficient (Wildman–Crippen LogP) is 2.06. The highest BCUT2D eigenvalue weighted by atomic mass is 35.7. The van der Waals surface area contributed by atoms with Gasteiger partial charge in [0.1, 0.15) is 5.52 Å². The molecule has 0 fully saturated rings. The molecule has 0 bridgehead atoms. The number of oxazole rings is 1. The van der Waals surface area contributed by atoms with Crippen LogP contribution in [0, 0.1) is 6.92 Å². The van der Waals surface area contributed by atoms with Crippen LogP contribution in [0.3, 0.4) is 0 Å². The zero-order chi connectivity index (χ0) is 10.3. The second-order valence-electron chi connectivity index (χ2n) is 2.89. The van der Waals surface area contributed by atoms with E-state index in [0.29, 0.717) is 11.1 Å². The van der Waals surface area contributed by atoms with Crippen molar-refractivity contribution in [1.82, 2.24) is 4.98 Å². The molecule has 0 atom stereocenters. The molecule has 0 saturated heterocycles. The number of hydrogen-bond donors (Lipinski definition) is 0. The van der Waals surface area contributed by atoms with Crippen molar-refractivity contribution in [2.45, 2.75) is 12.1 Å². The van der Waals surface area contributed by atoms with E-state index in [1.165, 1.54) is 0 Å². The number of rotatable bonds is 1. The number of nitrogens with zero attached hydrogens (tertiary/aromatic N) is 1. The summed E-state index contributed by atoms with van der Waals surface area (Å²) in [7, 11) is 1.20. The molecule has 1 aromatic carbocycles. The van der Waals surface area contributed by atoms with Crippen LogP contribution in [0.5, 0.6) is 0 Å². The topological polar surface area (TPSA) is 60.2 Å². The second-order valence-corrected chi connectivity index (χ2v) is 5.33. The predicted molar refractivity (Wildman–Crippen MR) is 51.8 cm³/mol. The minimum Gasteiger partial charge on any atom is -0.427 e. The van der Waals surface area contributed by atoms with Gasteiger partial charge in [0.15, 0.2) is 5.58 Å². The van der Waals surface area contributed by atoms with Gasteiger partial charge >= 0.3 is 14.3 Å². The Hall–Kier alpha value is -1.07. The SMILES string of the molecule is Cc1ccc2nc(S(=O)(=O)Cl)oc2c1. The van der Waals surface area contributed by atoms with Crippen LogP contribution < -0.4 is 0 Å². The fraction of sp³-hybridized carbons (Fsp3) is 0.125. The van der Waals surface area contributed by atoms with E-state index in [-0.39, 0.29) is 0 Å². The van der Waals surface area contributed by atoms with Crippen molar-refractivity contribution in [2.75, 3.05) is 0 Å². The van der Waals surface area contributed by atoms with Crippen LogP contribution in [-0.4, -0.2) is 13.4 Å². The minimum absolute atomic E-state index is 0.421. The molecule has 1 aromatic heterocycles. The first-order valence-electron chi connectivity index (χ1n) is 3.79. The van der Waals surface area contributed by atoms with Gasteiger partial charge in [-0.15, -0.1) is 0 Å². The molecular weight excluding hydrogens is 226 g/mol. The molecular formula is C8H6ClNO3S. The summed E-state index contributed by atoms with van der Waals surface area (Å²) in [5.74, 6) is 0. The third kappa shape index (κ3) is 1.60. The fourth-order valence-corrected chi connectivity index (χ4v) is 1.71. The smallest absolute Gasteiger partial charge is 0.332 e. The van der Waals surface area contributed by atoms with Crippen molar-refractivity contribution < 1.29 is 12.8 Å². The van der Waals surface area contributed by atoms with Gasteiger partial charge in [-0.2, -0.15) is 4.98 Å². The van der Waals surface area contributed by atoms with Crippen molar-refractivity contribution in [3.63, 3.8) is 0 Å². The Balaban J connectivity index is 2.75. The van der Waals surface area contributed by atoms with Crippen molar-refractivity contribution in [1.29, 1.82) is 0 Å². The normalized spacial score (nSPS) is 12.1. The Morgan fingerprint density at radius 2 is 2.14 bits per heavy atom. The van der Waals surface area contributed by atoms with Crippen LogP contribution in [-0.2, 0) is 9.05 Å². The van der Waals surface area contributed by atoms with E-state index in [1.807, 2.05) is 13.0 Å². The van der Waals surface area contributed by atoms with Crippen LogP contribution in [0.2, 0.25) is 0 Å². The van der Waals surface area contributed by atoms with Gasteiger partial charge in [-0.25, -0.2) is 8.42 Å². The highest BCUT2D eigenvalue weighted by Gasteiger charge is 2.18. The summed E-state index contributed by atoms with van der Waals surface area (Å²) in [5, 5.41) is -0.459. The number of halogens is 1. The van der Waals surface area contributed by atoms with Crippen molar-refractivity contribution in [2.24, 2.45) is 0 Å². The van der Waals surface area contributed by atoms with Gasteiger partial charge in [-0.05, 0) is 24.6 Å². The number of hydrogen-bond acceptors (Lipinski definition) is 4. The van der Waals surface area contributed by atoms with E-state index in [4.69, 9.17) is 15.1 Å². The monoisotopic (exact) mass is 231 g/mol. The lowest BCUT2D eigenvalue weighted by Gasteiger charge is -1.87. The van der Waals surface area contributed by atoms with E-state index in [9.17, 15) is 8.42 Å². The highest BCUT2D eigenvalue weighted by molar-refractivity contribution is 8.13. The van der Waals surface area contributed by atoms with Crippen LogP contribution in [0.25, 0.3) is 11.1 Å². The van der Waals surface area contributed by atoms with Gasteiger partial charge in [0.2, 0.25) is 0 Å². The van der Waals surface area contributed by atoms with Gasteiger partial charge in [0, 0.05) is 10.7 Å². The van der Waals surface area contributed by atoms with Crippen LogP contribution >= 0.6 is 10.7 Å². The fourth-order valence-electron chi connectivity index (χ4n) is 1.11. The Labute approximate surface area is 84.9 Å². The molecule has 4 nitrogen and oxygen atoms in total. The zero-order valence-corrected chi connectivity index (χ0v) is 8.76. The molecule has 14 heavy (non-hydrogen) atoms. The summed E-state index contributed by atoms with van der Waals surface area (Å²) in [6, 6.07) is 5.20. The first-order valence-corrected chi connectivity index (χ1v) is 6.09. The largest absolute Gasteiger partial charge is 0.427 e. The Morgan fingerprint density at radius 3 is 2.79 bits per heavy atom. The molecule has 0 aliphatic heterocycles. The maximum atomic E-state index is 10.9. The molecule has 0 amide bonds. The van der Waals surface area contributed by atoms with Crippen molar-refractivity contribution in [3.8, 4) is 0 Å². The average Bonchev–Trinajstić information content (AvgIpc) is 2.45. The summed E-state index contributed by atoms with van der Waals surface area (Å²) in [4.78, 5) is 3.74. The van der Waals surface area contributed by atoms with E-state index in [2.05, 4.69) is 4.98 Å². The number of aryl methyl sites for hydroxylation is 1. The number of fused-ring (bicyclic) bond motifs is 1. The van der Waals surface area contributed by atoms with Gasteiger partial charge in [0.25, 0.3) is 0 Å². The lowest BCUT2D eigenvalue weighted by Crippen LogP contribution is -1.88. The molecule has 2 aromatic rings. The molecule has 0 spiro atoms. The molecule has 6 heteroatoms. The Bertz CT molecular complexity index is 588. The standard InChI is InChI=1S/C8H6ClNO3S/c1-5-2-3-6-7(4-5)13-8(10-6)14(9,11)12/h2-4H,1H3.